The molecule has 1 N–H and O–H groups in total. The van der Waals surface area contributed by atoms with Gasteiger partial charge in [0.1, 0.15) is 13.2 Å². The van der Waals surface area contributed by atoms with Gasteiger partial charge >= 0.3 is 0 Å². The Hall–Kier alpha value is -2.32. The fourth-order valence-corrected chi connectivity index (χ4v) is 3.05. The fourth-order valence-electron chi connectivity index (χ4n) is 2.67. The highest BCUT2D eigenvalue weighted by molar-refractivity contribution is 9.10. The number of carbonyl (C=O) groups is 1. The summed E-state index contributed by atoms with van der Waals surface area (Å²) in [6.07, 6.45) is 1.58. The maximum Gasteiger partial charge on any atom is 0.251 e. The van der Waals surface area contributed by atoms with Gasteiger partial charge in [0.05, 0.1) is 7.11 Å². The summed E-state index contributed by atoms with van der Waals surface area (Å²) in [5.41, 5.74) is 0.334. The Morgan fingerprint density at radius 1 is 1.18 bits per heavy atom. The molecular formula is C20H26BrN3O4. The van der Waals surface area contributed by atoms with Crippen LogP contribution in [0.2, 0.25) is 0 Å². The highest BCUT2D eigenvalue weighted by Crippen LogP contribution is 2.30. The number of pyridine rings is 1. The van der Waals surface area contributed by atoms with E-state index < -0.39 is 0 Å². The molecule has 7 nitrogen and oxygen atoms in total. The molecule has 28 heavy (non-hydrogen) atoms. The van der Waals surface area contributed by atoms with Crippen molar-refractivity contribution in [1.82, 2.24) is 9.47 Å². The summed E-state index contributed by atoms with van der Waals surface area (Å²) in [6, 6.07) is 8.25. The van der Waals surface area contributed by atoms with E-state index in [4.69, 9.17) is 9.47 Å². The van der Waals surface area contributed by atoms with Crippen LogP contribution in [0.1, 0.15) is 13.8 Å². The predicted molar refractivity (Wildman–Crippen MR) is 113 cm³/mol. The van der Waals surface area contributed by atoms with Crippen LogP contribution in [0, 0.1) is 0 Å². The fraction of sp³-hybridized carbons (Fsp3) is 0.400. The molecule has 8 heteroatoms. The van der Waals surface area contributed by atoms with Gasteiger partial charge in [0.2, 0.25) is 5.91 Å². The number of aromatic nitrogens is 1. The Kier molecular flexibility index (Phi) is 8.53. The van der Waals surface area contributed by atoms with Crippen LogP contribution in [0.5, 0.6) is 11.5 Å². The Bertz CT molecular complexity index is 850. The van der Waals surface area contributed by atoms with Crippen molar-refractivity contribution < 1.29 is 14.3 Å². The summed E-state index contributed by atoms with van der Waals surface area (Å²) in [7, 11) is 1.57. The Labute approximate surface area is 173 Å². The zero-order valence-corrected chi connectivity index (χ0v) is 18.0. The van der Waals surface area contributed by atoms with Crippen molar-refractivity contribution in [2.24, 2.45) is 0 Å². The van der Waals surface area contributed by atoms with Crippen molar-refractivity contribution in [1.29, 1.82) is 0 Å². The van der Waals surface area contributed by atoms with Gasteiger partial charge < -0.3 is 24.3 Å². The zero-order chi connectivity index (χ0) is 20.5. The summed E-state index contributed by atoms with van der Waals surface area (Å²) in [5.74, 6) is 0.854. The molecule has 0 aliphatic rings. The molecule has 1 amide bonds. The number of benzene rings is 1. The smallest absolute Gasteiger partial charge is 0.251 e. The summed E-state index contributed by atoms with van der Waals surface area (Å²) < 4.78 is 13.3. The second-order valence-corrected chi connectivity index (χ2v) is 7.02. The molecule has 0 atom stereocenters. The number of ether oxygens (including phenoxy) is 2. The molecule has 0 spiro atoms. The number of rotatable bonds is 10. The van der Waals surface area contributed by atoms with Gasteiger partial charge in [-0.15, -0.1) is 0 Å². The summed E-state index contributed by atoms with van der Waals surface area (Å²) >= 11 is 3.30. The lowest BCUT2D eigenvalue weighted by Gasteiger charge is -2.19. The number of likely N-dealkylation sites (N-methyl/N-ethyl adjacent to an activating group) is 1. The second-order valence-electron chi connectivity index (χ2n) is 6.10. The van der Waals surface area contributed by atoms with E-state index in [-0.39, 0.29) is 18.0 Å². The highest BCUT2D eigenvalue weighted by atomic mass is 79.9. The van der Waals surface area contributed by atoms with E-state index in [1.54, 1.807) is 37.6 Å². The van der Waals surface area contributed by atoms with Crippen LogP contribution in [0.25, 0.3) is 0 Å². The second kappa shape index (κ2) is 10.9. The largest absolute Gasteiger partial charge is 0.493 e. The lowest BCUT2D eigenvalue weighted by atomic mass is 10.2. The van der Waals surface area contributed by atoms with Gasteiger partial charge in [-0.3, -0.25) is 9.59 Å². The lowest BCUT2D eigenvalue weighted by molar-refractivity contribution is -0.116. The van der Waals surface area contributed by atoms with E-state index >= 15 is 0 Å². The van der Waals surface area contributed by atoms with Gasteiger partial charge in [-0.2, -0.15) is 0 Å². The number of nitrogens with zero attached hydrogens (tertiary/aromatic N) is 2. The molecule has 0 aliphatic carbocycles. The minimum Gasteiger partial charge on any atom is -0.493 e. The first kappa shape index (κ1) is 22.0. The summed E-state index contributed by atoms with van der Waals surface area (Å²) in [5, 5.41) is 2.79. The third-order valence-corrected chi connectivity index (χ3v) is 4.74. The van der Waals surface area contributed by atoms with Crippen molar-refractivity contribution in [2.45, 2.75) is 20.4 Å². The van der Waals surface area contributed by atoms with Crippen molar-refractivity contribution in [2.75, 3.05) is 38.7 Å². The molecule has 0 aliphatic heterocycles. The highest BCUT2D eigenvalue weighted by Gasteiger charge is 2.10. The maximum atomic E-state index is 12.3. The standard InChI is InChI=1S/C20H26BrN3O4/c1-4-23(5-2)10-11-28-18-12-16(7-8-17(18)27-3)22-19(25)14-24-13-15(21)6-9-20(24)26/h6-9,12-13H,4-5,10-11,14H2,1-3H3,(H,22,25). The van der Waals surface area contributed by atoms with Gasteiger partial charge in [-0.1, -0.05) is 13.8 Å². The van der Waals surface area contributed by atoms with E-state index in [2.05, 4.69) is 40.0 Å². The first-order chi connectivity index (χ1) is 13.5. The van der Waals surface area contributed by atoms with E-state index in [1.807, 2.05) is 0 Å². The molecule has 1 heterocycles. The first-order valence-electron chi connectivity index (χ1n) is 9.15. The molecule has 2 aromatic rings. The Morgan fingerprint density at radius 3 is 2.61 bits per heavy atom. The monoisotopic (exact) mass is 451 g/mol. The average Bonchev–Trinajstić information content (AvgIpc) is 2.68. The van der Waals surface area contributed by atoms with Crippen molar-refractivity contribution in [3.8, 4) is 11.5 Å². The van der Waals surface area contributed by atoms with Crippen LogP contribution < -0.4 is 20.3 Å². The number of nitrogens with one attached hydrogen (secondary N) is 1. The zero-order valence-electron chi connectivity index (χ0n) is 16.4. The van der Waals surface area contributed by atoms with Crippen molar-refractivity contribution >= 4 is 27.5 Å². The van der Waals surface area contributed by atoms with Crippen LogP contribution in [-0.2, 0) is 11.3 Å². The Morgan fingerprint density at radius 2 is 1.93 bits per heavy atom. The quantitative estimate of drug-likeness (QED) is 0.600. The molecule has 152 valence electrons. The molecule has 1 aromatic heterocycles. The number of halogens is 1. The maximum absolute atomic E-state index is 12.3. The molecule has 1 aromatic carbocycles. The Balaban J connectivity index is 2.04. The topological polar surface area (TPSA) is 72.8 Å². The first-order valence-corrected chi connectivity index (χ1v) is 9.95. The molecule has 0 saturated heterocycles. The number of amides is 1. The molecule has 0 saturated carbocycles. The van der Waals surface area contributed by atoms with Crippen molar-refractivity contribution in [3.63, 3.8) is 0 Å². The number of methoxy groups -OCH3 is 1. The van der Waals surface area contributed by atoms with Crippen LogP contribution in [0.3, 0.4) is 0 Å². The third-order valence-electron chi connectivity index (χ3n) is 4.27. The average molecular weight is 452 g/mol. The SMILES string of the molecule is CCN(CC)CCOc1cc(NC(=O)Cn2cc(Br)ccc2=O)ccc1OC. The molecule has 2 rings (SSSR count). The molecule has 0 bridgehead atoms. The molecule has 0 fully saturated rings. The van der Waals surface area contributed by atoms with Gasteiger partial charge in [-0.25, -0.2) is 0 Å². The van der Waals surface area contributed by atoms with Crippen molar-refractivity contribution in [3.05, 3.63) is 51.4 Å². The van der Waals surface area contributed by atoms with E-state index in [0.717, 1.165) is 24.1 Å². The predicted octanol–water partition coefficient (Wildman–Crippen LogP) is 2.98. The number of carbonyl (C=O) groups excluding carboxylic acids is 1. The van der Waals surface area contributed by atoms with Gasteiger partial charge in [0.25, 0.3) is 5.56 Å². The van der Waals surface area contributed by atoms with Crippen LogP contribution >= 0.6 is 15.9 Å². The number of anilines is 1. The van der Waals surface area contributed by atoms with Gasteiger partial charge in [0.15, 0.2) is 11.5 Å². The minimum atomic E-state index is -0.306. The number of hydrogen-bond acceptors (Lipinski definition) is 5. The van der Waals surface area contributed by atoms with Crippen LogP contribution in [0.15, 0.2) is 45.8 Å². The summed E-state index contributed by atoms with van der Waals surface area (Å²) in [6.45, 7) is 7.38. The lowest BCUT2D eigenvalue weighted by Crippen LogP contribution is -2.28. The third kappa shape index (κ3) is 6.38. The van der Waals surface area contributed by atoms with E-state index in [0.29, 0.717) is 23.8 Å². The molecular weight excluding hydrogens is 426 g/mol. The van der Waals surface area contributed by atoms with Gasteiger partial charge in [-0.05, 0) is 47.2 Å². The number of hydrogen-bond donors (Lipinski definition) is 1. The van der Waals surface area contributed by atoms with Gasteiger partial charge in [0, 0.05) is 35.0 Å². The minimum absolute atomic E-state index is 0.0809. The summed E-state index contributed by atoms with van der Waals surface area (Å²) in [4.78, 5) is 26.4. The van der Waals surface area contributed by atoms with Crippen LogP contribution in [0.4, 0.5) is 5.69 Å². The van der Waals surface area contributed by atoms with E-state index in [1.165, 1.54) is 10.6 Å². The van der Waals surface area contributed by atoms with E-state index in [9.17, 15) is 9.59 Å². The normalized spacial score (nSPS) is 10.8. The molecule has 0 radical (unpaired) electrons. The van der Waals surface area contributed by atoms with Crippen LogP contribution in [-0.4, -0.2) is 48.7 Å². The molecule has 0 unspecified atom stereocenters.